The second kappa shape index (κ2) is 6.52. The van der Waals surface area contributed by atoms with Gasteiger partial charge >= 0.3 is 0 Å². The first-order chi connectivity index (χ1) is 12.2. The van der Waals surface area contributed by atoms with E-state index in [9.17, 15) is 0 Å². The fraction of sp³-hybridized carbons (Fsp3) is 0.381. The molecule has 0 spiro atoms. The van der Waals surface area contributed by atoms with Crippen LogP contribution in [0.2, 0.25) is 0 Å². The van der Waals surface area contributed by atoms with Crippen LogP contribution in [0, 0.1) is 5.92 Å². The van der Waals surface area contributed by atoms with E-state index in [1.807, 2.05) is 24.3 Å². The molecule has 0 aromatic heterocycles. The quantitative estimate of drug-likeness (QED) is 0.596. The van der Waals surface area contributed by atoms with E-state index in [2.05, 4.69) is 54.5 Å². The fourth-order valence-electron chi connectivity index (χ4n) is 3.60. The number of rotatable bonds is 6. The van der Waals surface area contributed by atoms with Gasteiger partial charge in [0.05, 0.1) is 11.6 Å². The maximum Gasteiger partial charge on any atom is 0.143 e. The minimum absolute atomic E-state index is 0.263. The van der Waals surface area contributed by atoms with Gasteiger partial charge in [-0.05, 0) is 38.2 Å². The van der Waals surface area contributed by atoms with Crippen molar-refractivity contribution in [2.24, 2.45) is 11.1 Å². The van der Waals surface area contributed by atoms with E-state index >= 15 is 0 Å². The monoisotopic (exact) mass is 336 g/mol. The molecule has 25 heavy (non-hydrogen) atoms. The van der Waals surface area contributed by atoms with Crippen molar-refractivity contribution in [2.45, 2.75) is 18.4 Å². The van der Waals surface area contributed by atoms with Crippen molar-refractivity contribution < 1.29 is 9.57 Å². The molecule has 4 rings (SSSR count). The lowest BCUT2D eigenvalue weighted by Crippen LogP contribution is -2.28. The Balaban J connectivity index is 1.58. The SMILES string of the molecule is CN(C)CCCON=C1c2ccccc2OC2(c3ccccc3)CC12. The van der Waals surface area contributed by atoms with Crippen molar-refractivity contribution >= 4 is 5.71 Å². The Hall–Kier alpha value is -2.33. The summed E-state index contributed by atoms with van der Waals surface area (Å²) in [6.45, 7) is 1.64. The molecule has 1 heterocycles. The van der Waals surface area contributed by atoms with Gasteiger partial charge in [-0.3, -0.25) is 0 Å². The van der Waals surface area contributed by atoms with Gasteiger partial charge in [0.1, 0.15) is 18.0 Å². The number of fused-ring (bicyclic) bond motifs is 2. The number of ether oxygens (including phenoxy) is 1. The molecular formula is C21H24N2O2. The van der Waals surface area contributed by atoms with E-state index in [4.69, 9.17) is 9.57 Å². The molecule has 1 aliphatic carbocycles. The second-order valence-electron chi connectivity index (χ2n) is 7.08. The molecule has 1 aliphatic heterocycles. The average Bonchev–Trinajstić information content (AvgIpc) is 3.36. The number of nitrogens with zero attached hydrogens (tertiary/aromatic N) is 2. The maximum absolute atomic E-state index is 6.43. The molecule has 0 radical (unpaired) electrons. The van der Waals surface area contributed by atoms with Crippen LogP contribution in [0.15, 0.2) is 59.8 Å². The van der Waals surface area contributed by atoms with Gasteiger partial charge in [0, 0.05) is 18.5 Å². The third-order valence-corrected chi connectivity index (χ3v) is 4.96. The van der Waals surface area contributed by atoms with Crippen molar-refractivity contribution in [3.05, 3.63) is 65.7 Å². The lowest BCUT2D eigenvalue weighted by atomic mass is 9.96. The summed E-state index contributed by atoms with van der Waals surface area (Å²) in [5, 5.41) is 4.53. The smallest absolute Gasteiger partial charge is 0.143 e. The molecule has 0 amide bonds. The van der Waals surface area contributed by atoms with Gasteiger partial charge in [-0.2, -0.15) is 0 Å². The molecule has 0 N–H and O–H groups in total. The molecule has 0 saturated heterocycles. The van der Waals surface area contributed by atoms with Crippen LogP contribution in [0.3, 0.4) is 0 Å². The maximum atomic E-state index is 6.43. The molecule has 1 fully saturated rings. The van der Waals surface area contributed by atoms with Crippen LogP contribution in [-0.4, -0.2) is 37.9 Å². The number of para-hydroxylation sites is 1. The van der Waals surface area contributed by atoms with Gasteiger partial charge in [0.25, 0.3) is 0 Å². The second-order valence-corrected chi connectivity index (χ2v) is 7.08. The van der Waals surface area contributed by atoms with Gasteiger partial charge in [-0.1, -0.05) is 47.6 Å². The fourth-order valence-corrected chi connectivity index (χ4v) is 3.60. The van der Waals surface area contributed by atoms with Crippen LogP contribution in [0.1, 0.15) is 24.0 Å². The zero-order valence-electron chi connectivity index (χ0n) is 14.8. The molecule has 0 bridgehead atoms. The Morgan fingerprint density at radius 1 is 1.12 bits per heavy atom. The van der Waals surface area contributed by atoms with E-state index in [1.54, 1.807) is 0 Å². The van der Waals surface area contributed by atoms with E-state index in [-0.39, 0.29) is 11.5 Å². The number of benzene rings is 2. The summed E-state index contributed by atoms with van der Waals surface area (Å²) >= 11 is 0. The van der Waals surface area contributed by atoms with Gasteiger partial charge in [-0.15, -0.1) is 0 Å². The van der Waals surface area contributed by atoms with Crippen LogP contribution >= 0.6 is 0 Å². The van der Waals surface area contributed by atoms with Gasteiger partial charge in [0.2, 0.25) is 0 Å². The Kier molecular flexibility index (Phi) is 4.22. The molecule has 2 aromatic rings. The summed E-state index contributed by atoms with van der Waals surface area (Å²) in [4.78, 5) is 7.82. The first-order valence-corrected chi connectivity index (χ1v) is 8.89. The molecule has 1 saturated carbocycles. The van der Waals surface area contributed by atoms with Crippen molar-refractivity contribution in [1.82, 2.24) is 4.90 Å². The van der Waals surface area contributed by atoms with E-state index in [1.165, 1.54) is 5.56 Å². The summed E-state index contributed by atoms with van der Waals surface area (Å²) in [5.41, 5.74) is 3.02. The summed E-state index contributed by atoms with van der Waals surface area (Å²) in [6.07, 6.45) is 1.92. The molecule has 2 unspecified atom stereocenters. The summed E-state index contributed by atoms with van der Waals surface area (Å²) in [7, 11) is 4.14. The Morgan fingerprint density at radius 3 is 2.68 bits per heavy atom. The van der Waals surface area contributed by atoms with E-state index < -0.39 is 0 Å². The topological polar surface area (TPSA) is 34.1 Å². The van der Waals surface area contributed by atoms with Gasteiger partial charge < -0.3 is 14.5 Å². The first kappa shape index (κ1) is 16.2. The molecule has 2 atom stereocenters. The lowest BCUT2D eigenvalue weighted by molar-refractivity contribution is 0.129. The highest BCUT2D eigenvalue weighted by Crippen LogP contribution is 2.60. The minimum Gasteiger partial charge on any atom is -0.481 e. The Morgan fingerprint density at radius 2 is 1.88 bits per heavy atom. The van der Waals surface area contributed by atoms with Crippen molar-refractivity contribution in [3.8, 4) is 5.75 Å². The summed E-state index contributed by atoms with van der Waals surface area (Å²) < 4.78 is 6.43. The van der Waals surface area contributed by atoms with Crippen molar-refractivity contribution in [3.63, 3.8) is 0 Å². The Bertz CT molecular complexity index is 772. The van der Waals surface area contributed by atoms with Crippen LogP contribution in [0.4, 0.5) is 0 Å². The predicted molar refractivity (Wildman–Crippen MR) is 99.0 cm³/mol. The van der Waals surface area contributed by atoms with Crippen LogP contribution in [0.25, 0.3) is 0 Å². The summed E-state index contributed by atoms with van der Waals surface area (Å²) in [6, 6.07) is 18.6. The van der Waals surface area contributed by atoms with Crippen molar-refractivity contribution in [2.75, 3.05) is 27.2 Å². The average molecular weight is 336 g/mol. The van der Waals surface area contributed by atoms with Crippen molar-refractivity contribution in [1.29, 1.82) is 0 Å². The minimum atomic E-state index is -0.276. The highest BCUT2D eigenvalue weighted by molar-refractivity contribution is 6.08. The zero-order valence-corrected chi connectivity index (χ0v) is 14.8. The van der Waals surface area contributed by atoms with E-state index in [0.717, 1.165) is 36.4 Å². The van der Waals surface area contributed by atoms with E-state index in [0.29, 0.717) is 6.61 Å². The number of oxime groups is 1. The van der Waals surface area contributed by atoms with Crippen LogP contribution < -0.4 is 4.74 Å². The highest BCUT2D eigenvalue weighted by Gasteiger charge is 2.64. The molecule has 2 aromatic carbocycles. The molecule has 4 nitrogen and oxygen atoms in total. The highest BCUT2D eigenvalue weighted by atomic mass is 16.6. The standard InChI is InChI=1S/C21H24N2O2/c1-23(2)13-8-14-24-22-20-17-11-6-7-12-19(17)25-21(15-18(20)21)16-9-4-3-5-10-16/h3-7,9-12,18H,8,13-15H2,1-2H3. The Labute approximate surface area is 149 Å². The zero-order chi connectivity index (χ0) is 17.3. The molecule has 130 valence electrons. The van der Waals surface area contributed by atoms with Gasteiger partial charge in [-0.25, -0.2) is 0 Å². The van der Waals surface area contributed by atoms with Crippen LogP contribution in [0.5, 0.6) is 5.75 Å². The number of hydrogen-bond acceptors (Lipinski definition) is 4. The predicted octanol–water partition coefficient (Wildman–Crippen LogP) is 3.67. The first-order valence-electron chi connectivity index (χ1n) is 8.89. The number of hydrogen-bond donors (Lipinski definition) is 0. The largest absolute Gasteiger partial charge is 0.481 e. The molecule has 4 heteroatoms. The third-order valence-electron chi connectivity index (χ3n) is 4.96. The van der Waals surface area contributed by atoms with Crippen LogP contribution in [-0.2, 0) is 10.4 Å². The molecule has 2 aliphatic rings. The van der Waals surface area contributed by atoms with Gasteiger partial charge in [0.15, 0.2) is 0 Å². The normalized spacial score (nSPS) is 25.2. The third kappa shape index (κ3) is 3.02. The molecular weight excluding hydrogens is 312 g/mol. The summed E-state index contributed by atoms with van der Waals surface area (Å²) in [5.74, 6) is 1.16. The lowest BCUT2D eigenvalue weighted by Gasteiger charge is -2.27.